The Labute approximate surface area is 109 Å². The molecule has 3 nitrogen and oxygen atoms in total. The Morgan fingerprint density at radius 2 is 2.29 bits per heavy atom. The van der Waals surface area contributed by atoms with Gasteiger partial charge in [-0.15, -0.1) is 0 Å². The number of hydrogen-bond donors (Lipinski definition) is 1. The fraction of sp³-hybridized carbons (Fsp3) is 0.923. The molecule has 0 spiro atoms. The van der Waals surface area contributed by atoms with Gasteiger partial charge in [-0.2, -0.15) is 11.8 Å². The zero-order chi connectivity index (χ0) is 12.4. The number of nitrogens with one attached hydrogen (secondary N) is 1. The molecule has 1 saturated heterocycles. The van der Waals surface area contributed by atoms with Gasteiger partial charge in [0.05, 0.1) is 12.7 Å². The van der Waals surface area contributed by atoms with Gasteiger partial charge in [0.25, 0.3) is 0 Å². The first-order valence-electron chi connectivity index (χ1n) is 6.75. The Hall–Kier alpha value is -0.220. The Balaban J connectivity index is 2.02. The average molecular weight is 256 g/mol. The third-order valence-corrected chi connectivity index (χ3v) is 5.52. The largest absolute Gasteiger partial charge is 0.324 e. The van der Waals surface area contributed by atoms with Crippen molar-refractivity contribution in [1.82, 2.24) is 10.2 Å². The van der Waals surface area contributed by atoms with Gasteiger partial charge in [0.2, 0.25) is 5.91 Å². The highest BCUT2D eigenvalue weighted by atomic mass is 32.2. The summed E-state index contributed by atoms with van der Waals surface area (Å²) in [5, 5.41) is 4.05. The van der Waals surface area contributed by atoms with E-state index in [0.717, 1.165) is 13.1 Å². The predicted octanol–water partition coefficient (Wildman–Crippen LogP) is 2.07. The molecule has 1 heterocycles. The van der Waals surface area contributed by atoms with Crippen LogP contribution in [0.15, 0.2) is 0 Å². The minimum Gasteiger partial charge on any atom is -0.324 e. The summed E-state index contributed by atoms with van der Waals surface area (Å²) in [7, 11) is 0. The van der Waals surface area contributed by atoms with Crippen LogP contribution in [0.1, 0.15) is 39.5 Å². The summed E-state index contributed by atoms with van der Waals surface area (Å²) in [4.78, 5) is 14.5. The van der Waals surface area contributed by atoms with Gasteiger partial charge in [-0.25, -0.2) is 0 Å². The van der Waals surface area contributed by atoms with Gasteiger partial charge in [-0.1, -0.05) is 26.7 Å². The van der Waals surface area contributed by atoms with Crippen molar-refractivity contribution in [2.24, 2.45) is 5.92 Å². The van der Waals surface area contributed by atoms with Crippen molar-refractivity contribution in [1.29, 1.82) is 0 Å². The smallest absolute Gasteiger partial charge is 0.241 e. The molecular weight excluding hydrogens is 232 g/mol. The number of carbonyl (C=O) groups is 1. The van der Waals surface area contributed by atoms with Crippen LogP contribution < -0.4 is 5.32 Å². The van der Waals surface area contributed by atoms with E-state index in [1.165, 1.54) is 19.3 Å². The molecule has 4 atom stereocenters. The first kappa shape index (κ1) is 13.2. The van der Waals surface area contributed by atoms with E-state index in [1.807, 2.05) is 11.8 Å². The van der Waals surface area contributed by atoms with Crippen LogP contribution in [0.25, 0.3) is 0 Å². The molecule has 1 N–H and O–H groups in total. The summed E-state index contributed by atoms with van der Waals surface area (Å²) in [5.41, 5.74) is 0. The normalized spacial score (nSPS) is 35.6. The van der Waals surface area contributed by atoms with E-state index in [0.29, 0.717) is 23.1 Å². The summed E-state index contributed by atoms with van der Waals surface area (Å²) in [6.07, 6.45) is 6.96. The van der Waals surface area contributed by atoms with Crippen LogP contribution in [-0.2, 0) is 4.79 Å². The SMILES string of the molecule is CCC(C)C1NCN(C2CCCC2SC)C1=O. The zero-order valence-corrected chi connectivity index (χ0v) is 11.9. The molecule has 4 heteroatoms. The second-order valence-corrected chi connectivity index (χ2v) is 6.38. The molecule has 1 aliphatic heterocycles. The van der Waals surface area contributed by atoms with Gasteiger partial charge in [0.15, 0.2) is 0 Å². The molecule has 98 valence electrons. The van der Waals surface area contributed by atoms with Gasteiger partial charge in [0.1, 0.15) is 0 Å². The number of thioether (sulfide) groups is 1. The van der Waals surface area contributed by atoms with Gasteiger partial charge < -0.3 is 4.90 Å². The summed E-state index contributed by atoms with van der Waals surface area (Å²) in [6, 6.07) is 0.530. The number of rotatable bonds is 4. The zero-order valence-electron chi connectivity index (χ0n) is 11.1. The van der Waals surface area contributed by atoms with E-state index in [4.69, 9.17) is 0 Å². The number of amides is 1. The summed E-state index contributed by atoms with van der Waals surface area (Å²) < 4.78 is 0. The Kier molecular flexibility index (Phi) is 4.36. The molecule has 0 radical (unpaired) electrons. The Bertz CT molecular complexity index is 285. The van der Waals surface area contributed by atoms with Crippen molar-refractivity contribution in [2.75, 3.05) is 12.9 Å². The van der Waals surface area contributed by atoms with Crippen LogP contribution in [0, 0.1) is 5.92 Å². The highest BCUT2D eigenvalue weighted by Crippen LogP contribution is 2.33. The lowest BCUT2D eigenvalue weighted by Gasteiger charge is -2.28. The van der Waals surface area contributed by atoms with Crippen molar-refractivity contribution in [3.8, 4) is 0 Å². The number of hydrogen-bond acceptors (Lipinski definition) is 3. The standard InChI is InChI=1S/C13H24N2OS/c1-4-9(2)12-13(16)15(8-14-12)10-6-5-7-11(10)17-3/h9-12,14H,4-8H2,1-3H3. The monoisotopic (exact) mass is 256 g/mol. The molecule has 0 aromatic heterocycles. The molecule has 0 bridgehead atoms. The molecule has 1 amide bonds. The molecular formula is C13H24N2OS. The number of carbonyl (C=O) groups excluding carboxylic acids is 1. The lowest BCUT2D eigenvalue weighted by Crippen LogP contribution is -2.42. The molecule has 2 aliphatic rings. The van der Waals surface area contributed by atoms with Gasteiger partial charge in [-0.05, 0) is 25.0 Å². The molecule has 17 heavy (non-hydrogen) atoms. The van der Waals surface area contributed by atoms with E-state index < -0.39 is 0 Å². The van der Waals surface area contributed by atoms with E-state index in [2.05, 4.69) is 30.3 Å². The van der Waals surface area contributed by atoms with Crippen LogP contribution in [0.4, 0.5) is 0 Å². The molecule has 2 rings (SSSR count). The first-order chi connectivity index (χ1) is 8.19. The van der Waals surface area contributed by atoms with E-state index in [1.54, 1.807) is 0 Å². The van der Waals surface area contributed by atoms with Crippen LogP contribution in [-0.4, -0.2) is 41.1 Å². The molecule has 2 fully saturated rings. The summed E-state index contributed by atoms with van der Waals surface area (Å²) in [5.74, 6) is 0.784. The van der Waals surface area contributed by atoms with Crippen molar-refractivity contribution in [3.63, 3.8) is 0 Å². The lowest BCUT2D eigenvalue weighted by atomic mass is 9.99. The third kappa shape index (κ3) is 2.48. The molecule has 4 unspecified atom stereocenters. The Morgan fingerprint density at radius 3 is 2.94 bits per heavy atom. The fourth-order valence-corrected chi connectivity index (χ4v) is 4.04. The van der Waals surface area contributed by atoms with Gasteiger partial charge >= 0.3 is 0 Å². The maximum Gasteiger partial charge on any atom is 0.241 e. The average Bonchev–Trinajstić information content (AvgIpc) is 2.93. The highest BCUT2D eigenvalue weighted by Gasteiger charge is 2.41. The minimum atomic E-state index is 0.0584. The molecule has 0 aromatic rings. The van der Waals surface area contributed by atoms with E-state index >= 15 is 0 Å². The molecule has 1 saturated carbocycles. The van der Waals surface area contributed by atoms with Crippen molar-refractivity contribution in [2.45, 2.75) is 56.9 Å². The minimum absolute atomic E-state index is 0.0584. The second-order valence-electron chi connectivity index (χ2n) is 5.31. The quantitative estimate of drug-likeness (QED) is 0.836. The van der Waals surface area contributed by atoms with Crippen LogP contribution >= 0.6 is 11.8 Å². The third-order valence-electron chi connectivity index (χ3n) is 4.36. The predicted molar refractivity (Wildman–Crippen MR) is 73.0 cm³/mol. The number of nitrogens with zero attached hydrogens (tertiary/aromatic N) is 1. The maximum absolute atomic E-state index is 12.4. The summed E-state index contributed by atoms with van der Waals surface area (Å²) >= 11 is 1.92. The fourth-order valence-electron chi connectivity index (χ4n) is 3.04. The Morgan fingerprint density at radius 1 is 1.53 bits per heavy atom. The van der Waals surface area contributed by atoms with E-state index in [9.17, 15) is 4.79 Å². The van der Waals surface area contributed by atoms with Crippen LogP contribution in [0.3, 0.4) is 0 Å². The highest BCUT2D eigenvalue weighted by molar-refractivity contribution is 7.99. The van der Waals surface area contributed by atoms with E-state index in [-0.39, 0.29) is 6.04 Å². The van der Waals surface area contributed by atoms with Crippen molar-refractivity contribution < 1.29 is 4.79 Å². The molecule has 0 aromatic carbocycles. The topological polar surface area (TPSA) is 32.3 Å². The first-order valence-corrected chi connectivity index (χ1v) is 8.04. The summed E-state index contributed by atoms with van der Waals surface area (Å²) in [6.45, 7) is 5.08. The van der Waals surface area contributed by atoms with Gasteiger partial charge in [-0.3, -0.25) is 10.1 Å². The van der Waals surface area contributed by atoms with Crippen LogP contribution in [0.5, 0.6) is 0 Å². The molecule has 1 aliphatic carbocycles. The maximum atomic E-state index is 12.4. The van der Waals surface area contributed by atoms with Gasteiger partial charge in [0, 0.05) is 11.3 Å². The van der Waals surface area contributed by atoms with Crippen LogP contribution in [0.2, 0.25) is 0 Å². The van der Waals surface area contributed by atoms with Crippen molar-refractivity contribution in [3.05, 3.63) is 0 Å². The lowest BCUT2D eigenvalue weighted by molar-refractivity contribution is -0.131. The second kappa shape index (κ2) is 5.61. The van der Waals surface area contributed by atoms with Crippen molar-refractivity contribution >= 4 is 17.7 Å².